The fourth-order valence-corrected chi connectivity index (χ4v) is 1.80. The molecule has 3 heterocycles. The molecule has 0 aromatic carbocycles. The molecule has 3 aromatic heterocycles. The molecule has 7 heteroatoms. The molecule has 0 amide bonds. The molecule has 0 spiro atoms. The van der Waals surface area contributed by atoms with Crippen molar-refractivity contribution in [3.05, 3.63) is 48.0 Å². The summed E-state index contributed by atoms with van der Waals surface area (Å²) in [5.41, 5.74) is 1.68. The van der Waals surface area contributed by atoms with Gasteiger partial charge in [-0.1, -0.05) is 0 Å². The molecule has 100 valence electrons. The van der Waals surface area contributed by atoms with E-state index < -0.39 is 5.97 Å². The summed E-state index contributed by atoms with van der Waals surface area (Å²) in [4.78, 5) is 18.8. The predicted molar refractivity (Wildman–Crippen MR) is 69.0 cm³/mol. The van der Waals surface area contributed by atoms with Gasteiger partial charge in [0, 0.05) is 12.3 Å². The first-order chi connectivity index (χ1) is 9.63. The summed E-state index contributed by atoms with van der Waals surface area (Å²) < 4.78 is 7.18. The fourth-order valence-electron chi connectivity index (χ4n) is 1.80. The number of carboxylic acid groups (broad SMARTS) is 1. The Morgan fingerprint density at radius 3 is 2.95 bits per heavy atom. The van der Waals surface area contributed by atoms with E-state index in [0.29, 0.717) is 17.3 Å². The average Bonchev–Trinajstić information content (AvgIpc) is 2.87. The monoisotopic (exact) mass is 270 g/mol. The highest BCUT2D eigenvalue weighted by atomic mass is 16.5. The molecular weight excluding hydrogens is 260 g/mol. The number of rotatable bonds is 3. The van der Waals surface area contributed by atoms with Crippen molar-refractivity contribution in [2.45, 2.75) is 6.92 Å². The van der Waals surface area contributed by atoms with Gasteiger partial charge in [0.15, 0.2) is 5.65 Å². The molecule has 0 radical (unpaired) electrons. The molecule has 0 bridgehead atoms. The van der Waals surface area contributed by atoms with Crippen LogP contribution in [0.2, 0.25) is 0 Å². The summed E-state index contributed by atoms with van der Waals surface area (Å²) >= 11 is 0. The van der Waals surface area contributed by atoms with Crippen molar-refractivity contribution in [2.24, 2.45) is 0 Å². The van der Waals surface area contributed by atoms with Crippen LogP contribution in [-0.4, -0.2) is 30.7 Å². The first-order valence-corrected chi connectivity index (χ1v) is 5.80. The van der Waals surface area contributed by atoms with Crippen molar-refractivity contribution in [2.75, 3.05) is 0 Å². The van der Waals surface area contributed by atoms with Crippen molar-refractivity contribution >= 4 is 11.6 Å². The lowest BCUT2D eigenvalue weighted by Gasteiger charge is -2.08. The molecule has 3 aromatic rings. The van der Waals surface area contributed by atoms with Gasteiger partial charge in [-0.25, -0.2) is 9.78 Å². The van der Waals surface area contributed by atoms with E-state index in [9.17, 15) is 4.79 Å². The number of carbonyl (C=O) groups is 1. The molecule has 0 saturated carbocycles. The Morgan fingerprint density at radius 2 is 2.15 bits per heavy atom. The molecular formula is C13H10N4O3. The highest BCUT2D eigenvalue weighted by Gasteiger charge is 2.09. The zero-order valence-electron chi connectivity index (χ0n) is 10.5. The number of aryl methyl sites for hydroxylation is 1. The van der Waals surface area contributed by atoms with Crippen molar-refractivity contribution < 1.29 is 14.6 Å². The number of fused-ring (bicyclic) bond motifs is 1. The molecule has 0 aliphatic carbocycles. The van der Waals surface area contributed by atoms with Gasteiger partial charge in [-0.2, -0.15) is 9.61 Å². The minimum atomic E-state index is -1.06. The third-order valence-corrected chi connectivity index (χ3v) is 2.67. The number of pyridine rings is 2. The SMILES string of the molecule is Cc1cc(Oc2cncc(C(=O)O)c2)n2ncnc2c1. The van der Waals surface area contributed by atoms with Gasteiger partial charge >= 0.3 is 5.97 Å². The molecule has 0 unspecified atom stereocenters. The Labute approximate surface area is 113 Å². The maximum atomic E-state index is 10.9. The fraction of sp³-hybridized carbons (Fsp3) is 0.0769. The standard InChI is InChI=1S/C13H10N4O3/c1-8-2-11-15-7-16-17(11)12(3-8)20-10-4-9(13(18)19)5-14-6-10/h2-7H,1H3,(H,18,19). The lowest BCUT2D eigenvalue weighted by atomic mass is 10.3. The zero-order valence-corrected chi connectivity index (χ0v) is 10.5. The molecule has 20 heavy (non-hydrogen) atoms. The molecule has 0 fully saturated rings. The second-order valence-electron chi connectivity index (χ2n) is 4.22. The number of aromatic nitrogens is 4. The van der Waals surface area contributed by atoms with Gasteiger partial charge in [0.25, 0.3) is 0 Å². The van der Waals surface area contributed by atoms with Crippen molar-refractivity contribution in [1.82, 2.24) is 19.6 Å². The Bertz CT molecular complexity index is 797. The number of carboxylic acids is 1. The smallest absolute Gasteiger partial charge is 0.337 e. The minimum absolute atomic E-state index is 0.0602. The summed E-state index contributed by atoms with van der Waals surface area (Å²) in [5.74, 6) is -0.285. The summed E-state index contributed by atoms with van der Waals surface area (Å²) in [6, 6.07) is 5.06. The quantitative estimate of drug-likeness (QED) is 0.782. The summed E-state index contributed by atoms with van der Waals surface area (Å²) in [6.45, 7) is 1.91. The van der Waals surface area contributed by atoms with Crippen LogP contribution in [0.15, 0.2) is 36.9 Å². The lowest BCUT2D eigenvalue weighted by Crippen LogP contribution is -2.00. The minimum Gasteiger partial charge on any atom is -0.478 e. The third kappa shape index (κ3) is 2.16. The Balaban J connectivity index is 2.02. The van der Waals surface area contributed by atoms with E-state index >= 15 is 0 Å². The molecule has 0 atom stereocenters. The van der Waals surface area contributed by atoms with Crippen LogP contribution in [0.4, 0.5) is 0 Å². The van der Waals surface area contributed by atoms with E-state index in [0.717, 1.165) is 5.56 Å². The van der Waals surface area contributed by atoms with Crippen LogP contribution >= 0.6 is 0 Å². The predicted octanol–water partition coefficient (Wildman–Crippen LogP) is 1.92. The van der Waals surface area contributed by atoms with Gasteiger partial charge in [0.05, 0.1) is 11.8 Å². The molecule has 0 saturated heterocycles. The van der Waals surface area contributed by atoms with Crippen LogP contribution in [0.1, 0.15) is 15.9 Å². The summed E-state index contributed by atoms with van der Waals surface area (Å²) in [5, 5.41) is 13.0. The summed E-state index contributed by atoms with van der Waals surface area (Å²) in [6.07, 6.45) is 4.13. The van der Waals surface area contributed by atoms with Gasteiger partial charge in [0.1, 0.15) is 12.1 Å². The number of hydrogen-bond acceptors (Lipinski definition) is 5. The zero-order chi connectivity index (χ0) is 14.1. The van der Waals surface area contributed by atoms with E-state index in [-0.39, 0.29) is 5.56 Å². The second kappa shape index (κ2) is 4.61. The Morgan fingerprint density at radius 1 is 1.30 bits per heavy atom. The van der Waals surface area contributed by atoms with Crippen molar-refractivity contribution in [3.8, 4) is 11.6 Å². The maximum absolute atomic E-state index is 10.9. The lowest BCUT2D eigenvalue weighted by molar-refractivity contribution is 0.0696. The highest BCUT2D eigenvalue weighted by molar-refractivity contribution is 5.87. The first-order valence-electron chi connectivity index (χ1n) is 5.80. The van der Waals surface area contributed by atoms with Crippen molar-refractivity contribution in [1.29, 1.82) is 0 Å². The van der Waals surface area contributed by atoms with Crippen LogP contribution in [0.5, 0.6) is 11.6 Å². The highest BCUT2D eigenvalue weighted by Crippen LogP contribution is 2.23. The number of nitrogens with zero attached hydrogens (tertiary/aromatic N) is 4. The van der Waals surface area contributed by atoms with Crippen molar-refractivity contribution in [3.63, 3.8) is 0 Å². The molecule has 3 rings (SSSR count). The molecule has 0 aliphatic rings. The number of hydrogen-bond donors (Lipinski definition) is 1. The average molecular weight is 270 g/mol. The van der Waals surface area contributed by atoms with Gasteiger partial charge in [-0.05, 0) is 24.6 Å². The van der Waals surface area contributed by atoms with Gasteiger partial charge in [-0.3, -0.25) is 4.98 Å². The second-order valence-corrected chi connectivity index (χ2v) is 4.22. The van der Waals surface area contributed by atoms with Gasteiger partial charge in [0.2, 0.25) is 5.88 Å². The van der Waals surface area contributed by atoms with E-state index in [1.807, 2.05) is 13.0 Å². The normalized spacial score (nSPS) is 10.7. The van der Waals surface area contributed by atoms with Gasteiger partial charge in [-0.15, -0.1) is 0 Å². The van der Waals surface area contributed by atoms with E-state index in [4.69, 9.17) is 9.84 Å². The maximum Gasteiger partial charge on any atom is 0.337 e. The van der Waals surface area contributed by atoms with Crippen LogP contribution < -0.4 is 4.74 Å². The number of aromatic carboxylic acids is 1. The first kappa shape index (κ1) is 12.1. The molecule has 1 N–H and O–H groups in total. The Hall–Kier alpha value is -2.96. The topological polar surface area (TPSA) is 89.6 Å². The Kier molecular flexibility index (Phi) is 2.79. The molecule has 0 aliphatic heterocycles. The van der Waals surface area contributed by atoms with Crippen LogP contribution in [-0.2, 0) is 0 Å². The number of ether oxygens (including phenoxy) is 1. The molecule has 7 nitrogen and oxygen atoms in total. The van der Waals surface area contributed by atoms with E-state index in [1.165, 1.54) is 29.3 Å². The van der Waals surface area contributed by atoms with E-state index in [2.05, 4.69) is 15.1 Å². The third-order valence-electron chi connectivity index (χ3n) is 2.67. The largest absolute Gasteiger partial charge is 0.478 e. The summed E-state index contributed by atoms with van der Waals surface area (Å²) in [7, 11) is 0. The van der Waals surface area contributed by atoms with Crippen LogP contribution in [0.25, 0.3) is 5.65 Å². The van der Waals surface area contributed by atoms with Crippen LogP contribution in [0.3, 0.4) is 0 Å². The van der Waals surface area contributed by atoms with E-state index in [1.54, 1.807) is 6.07 Å². The van der Waals surface area contributed by atoms with Crippen LogP contribution in [0, 0.1) is 6.92 Å². The van der Waals surface area contributed by atoms with Gasteiger partial charge < -0.3 is 9.84 Å².